The maximum atomic E-state index is 6.28. The van der Waals surface area contributed by atoms with Crippen LogP contribution in [0.1, 0.15) is 32.3 Å². The molecule has 1 aromatic rings. The zero-order valence-corrected chi connectivity index (χ0v) is 14.1. The summed E-state index contributed by atoms with van der Waals surface area (Å²) in [6, 6.07) is 3.63. The van der Waals surface area contributed by atoms with Crippen LogP contribution in [0.3, 0.4) is 0 Å². The summed E-state index contributed by atoms with van der Waals surface area (Å²) in [4.78, 5) is 0. The summed E-state index contributed by atoms with van der Waals surface area (Å²) in [5.41, 5.74) is 0.992. The van der Waals surface area contributed by atoms with Gasteiger partial charge in [0.25, 0.3) is 0 Å². The lowest BCUT2D eigenvalue weighted by Gasteiger charge is -2.17. The van der Waals surface area contributed by atoms with Crippen molar-refractivity contribution in [3.8, 4) is 5.75 Å². The minimum atomic E-state index is 0.174. The van der Waals surface area contributed by atoms with E-state index in [4.69, 9.17) is 32.7 Å². The molecule has 0 bridgehead atoms. The van der Waals surface area contributed by atoms with E-state index in [1.807, 2.05) is 6.07 Å². The number of halogens is 2. The van der Waals surface area contributed by atoms with E-state index in [1.165, 1.54) is 0 Å². The van der Waals surface area contributed by atoms with E-state index in [9.17, 15) is 0 Å². The van der Waals surface area contributed by atoms with E-state index in [0.717, 1.165) is 31.6 Å². The average Bonchev–Trinajstić information content (AvgIpc) is 2.90. The predicted molar refractivity (Wildman–Crippen MR) is 87.5 cm³/mol. The quantitative estimate of drug-likeness (QED) is 0.808. The Bertz CT molecular complexity index is 460. The van der Waals surface area contributed by atoms with Crippen molar-refractivity contribution >= 4 is 23.2 Å². The van der Waals surface area contributed by atoms with E-state index in [-0.39, 0.29) is 6.10 Å². The van der Waals surface area contributed by atoms with E-state index in [0.29, 0.717) is 34.9 Å². The van der Waals surface area contributed by atoms with Crippen LogP contribution in [0.5, 0.6) is 5.75 Å². The van der Waals surface area contributed by atoms with Crippen molar-refractivity contribution in [1.29, 1.82) is 0 Å². The molecule has 1 aliphatic rings. The van der Waals surface area contributed by atoms with Gasteiger partial charge >= 0.3 is 0 Å². The van der Waals surface area contributed by atoms with E-state index in [1.54, 1.807) is 6.07 Å². The Kier molecular flexibility index (Phi) is 6.62. The first-order chi connectivity index (χ1) is 10.1. The van der Waals surface area contributed by atoms with E-state index < -0.39 is 0 Å². The van der Waals surface area contributed by atoms with Crippen LogP contribution in [0.4, 0.5) is 0 Å². The fourth-order valence-corrected chi connectivity index (χ4v) is 2.94. The molecule has 0 aromatic heterocycles. The van der Waals surface area contributed by atoms with Crippen molar-refractivity contribution in [2.24, 2.45) is 5.92 Å². The molecule has 0 radical (unpaired) electrons. The van der Waals surface area contributed by atoms with Gasteiger partial charge in [0, 0.05) is 23.7 Å². The maximum Gasteiger partial charge on any atom is 0.142 e. The van der Waals surface area contributed by atoms with Crippen LogP contribution < -0.4 is 10.1 Å². The molecule has 1 heterocycles. The minimum Gasteiger partial charge on any atom is -0.489 e. The van der Waals surface area contributed by atoms with Gasteiger partial charge < -0.3 is 14.8 Å². The van der Waals surface area contributed by atoms with Crippen LogP contribution in [-0.4, -0.2) is 25.9 Å². The molecule has 0 saturated carbocycles. The first kappa shape index (κ1) is 16.9. The molecular formula is C16H23Cl2NO2. The van der Waals surface area contributed by atoms with Gasteiger partial charge in [-0.25, -0.2) is 0 Å². The van der Waals surface area contributed by atoms with Gasteiger partial charge in [0.15, 0.2) is 0 Å². The van der Waals surface area contributed by atoms with Gasteiger partial charge in [-0.15, -0.1) is 0 Å². The number of hydrogen-bond acceptors (Lipinski definition) is 3. The molecule has 1 saturated heterocycles. The third-order valence-corrected chi connectivity index (χ3v) is 3.89. The second-order valence-corrected chi connectivity index (χ2v) is 6.69. The average molecular weight is 332 g/mol. The highest BCUT2D eigenvalue weighted by Crippen LogP contribution is 2.33. The summed E-state index contributed by atoms with van der Waals surface area (Å²) in [7, 11) is 0. The molecule has 118 valence electrons. The van der Waals surface area contributed by atoms with E-state index in [2.05, 4.69) is 19.2 Å². The SMILES string of the molecule is CC(C)CNCc1cc(Cl)cc(Cl)c1OCC1CCCO1. The summed E-state index contributed by atoms with van der Waals surface area (Å²) < 4.78 is 11.5. The number of nitrogens with one attached hydrogen (secondary N) is 1. The number of hydrogen-bond donors (Lipinski definition) is 1. The van der Waals surface area contributed by atoms with Gasteiger partial charge in [-0.3, -0.25) is 0 Å². The van der Waals surface area contributed by atoms with Crippen LogP contribution in [0.2, 0.25) is 10.0 Å². The molecule has 0 spiro atoms. The molecule has 0 amide bonds. The highest BCUT2D eigenvalue weighted by Gasteiger charge is 2.18. The van der Waals surface area contributed by atoms with Crippen molar-refractivity contribution < 1.29 is 9.47 Å². The Labute approximate surface area is 136 Å². The van der Waals surface area contributed by atoms with Gasteiger partial charge in [-0.2, -0.15) is 0 Å². The smallest absolute Gasteiger partial charge is 0.142 e. The minimum absolute atomic E-state index is 0.174. The molecule has 1 aromatic carbocycles. The van der Waals surface area contributed by atoms with Crippen molar-refractivity contribution in [3.63, 3.8) is 0 Å². The molecule has 5 heteroatoms. The summed E-state index contributed by atoms with van der Waals surface area (Å²) in [5, 5.41) is 4.58. The molecule has 1 atom stereocenters. The zero-order valence-electron chi connectivity index (χ0n) is 12.6. The van der Waals surface area contributed by atoms with Gasteiger partial charge in [0.1, 0.15) is 12.4 Å². The third kappa shape index (κ3) is 5.33. The first-order valence-corrected chi connectivity index (χ1v) is 8.25. The molecule has 1 fully saturated rings. The van der Waals surface area contributed by atoms with Gasteiger partial charge in [0.2, 0.25) is 0 Å². The fourth-order valence-electron chi connectivity index (χ4n) is 2.35. The summed E-state index contributed by atoms with van der Waals surface area (Å²) >= 11 is 12.4. The molecule has 1 unspecified atom stereocenters. The second kappa shape index (κ2) is 8.23. The standard InChI is InChI=1S/C16H23Cl2NO2/c1-11(2)8-19-9-12-6-13(17)7-15(18)16(12)21-10-14-4-3-5-20-14/h6-7,11,14,19H,3-5,8-10H2,1-2H3. The molecule has 0 aliphatic carbocycles. The zero-order chi connectivity index (χ0) is 15.2. The lowest BCUT2D eigenvalue weighted by molar-refractivity contribution is 0.0676. The monoisotopic (exact) mass is 331 g/mol. The topological polar surface area (TPSA) is 30.5 Å². The normalized spacial score (nSPS) is 18.4. The maximum absolute atomic E-state index is 6.28. The van der Waals surface area contributed by atoms with Crippen LogP contribution in [0.15, 0.2) is 12.1 Å². The molecule has 1 N–H and O–H groups in total. The Hall–Kier alpha value is -0.480. The van der Waals surface area contributed by atoms with Crippen molar-refractivity contribution in [1.82, 2.24) is 5.32 Å². The summed E-state index contributed by atoms with van der Waals surface area (Å²) in [6.45, 7) is 7.35. The largest absolute Gasteiger partial charge is 0.489 e. The number of rotatable bonds is 7. The Morgan fingerprint density at radius 2 is 2.19 bits per heavy atom. The van der Waals surface area contributed by atoms with Crippen LogP contribution in [0.25, 0.3) is 0 Å². The highest BCUT2D eigenvalue weighted by atomic mass is 35.5. The molecular weight excluding hydrogens is 309 g/mol. The van der Waals surface area contributed by atoms with Crippen molar-refractivity contribution in [2.45, 2.75) is 39.3 Å². The lowest BCUT2D eigenvalue weighted by Crippen LogP contribution is -2.21. The third-order valence-electron chi connectivity index (χ3n) is 3.39. The Morgan fingerprint density at radius 1 is 1.38 bits per heavy atom. The van der Waals surface area contributed by atoms with Crippen molar-refractivity contribution in [3.05, 3.63) is 27.7 Å². The predicted octanol–water partition coefficient (Wildman–Crippen LogP) is 4.30. The van der Waals surface area contributed by atoms with Gasteiger partial charge in [-0.05, 0) is 37.4 Å². The highest BCUT2D eigenvalue weighted by molar-refractivity contribution is 6.35. The fraction of sp³-hybridized carbons (Fsp3) is 0.625. The molecule has 21 heavy (non-hydrogen) atoms. The lowest BCUT2D eigenvalue weighted by atomic mass is 10.1. The number of ether oxygens (including phenoxy) is 2. The number of benzene rings is 1. The summed E-state index contributed by atoms with van der Waals surface area (Å²) in [5.74, 6) is 1.31. The van der Waals surface area contributed by atoms with Crippen LogP contribution >= 0.6 is 23.2 Å². The first-order valence-electron chi connectivity index (χ1n) is 7.49. The van der Waals surface area contributed by atoms with Crippen molar-refractivity contribution in [2.75, 3.05) is 19.8 Å². The Balaban J connectivity index is 2.02. The molecule has 2 rings (SSSR count). The van der Waals surface area contributed by atoms with Gasteiger partial charge in [-0.1, -0.05) is 37.0 Å². The Morgan fingerprint density at radius 3 is 2.86 bits per heavy atom. The van der Waals surface area contributed by atoms with E-state index >= 15 is 0 Å². The van der Waals surface area contributed by atoms with Gasteiger partial charge in [0.05, 0.1) is 11.1 Å². The van der Waals surface area contributed by atoms with Crippen LogP contribution in [0, 0.1) is 5.92 Å². The molecule has 1 aliphatic heterocycles. The van der Waals surface area contributed by atoms with Crippen LogP contribution in [-0.2, 0) is 11.3 Å². The second-order valence-electron chi connectivity index (χ2n) is 5.85. The molecule has 3 nitrogen and oxygen atoms in total. The summed E-state index contributed by atoms with van der Waals surface area (Å²) in [6.07, 6.45) is 2.32.